The highest BCUT2D eigenvalue weighted by Gasteiger charge is 2.88. The van der Waals surface area contributed by atoms with Gasteiger partial charge in [0.2, 0.25) is 17.8 Å². The monoisotopic (exact) mass is 662 g/mol. The fourth-order valence-electron chi connectivity index (χ4n) is 3.79. The lowest BCUT2D eigenvalue weighted by molar-refractivity contribution is -0.149. The molecule has 0 saturated carbocycles. The first kappa shape index (κ1) is 37.6. The Morgan fingerprint density at radius 1 is 0.591 bits per heavy atom. The minimum atomic E-state index is -5.48. The quantitative estimate of drug-likeness (QED) is 0.119. The zero-order valence-corrected chi connectivity index (χ0v) is 27.4. The van der Waals surface area contributed by atoms with Crippen LogP contribution in [-0.4, -0.2) is 99.3 Å². The number of nitrogens with two attached hydrogens (primary N) is 2. The van der Waals surface area contributed by atoms with Gasteiger partial charge >= 0.3 is 17.6 Å². The van der Waals surface area contributed by atoms with Gasteiger partial charge in [-0.05, 0) is 6.42 Å². The summed E-state index contributed by atoms with van der Waals surface area (Å²) in [7, 11) is -11.0. The molecule has 0 radical (unpaired) electrons. The van der Waals surface area contributed by atoms with E-state index in [-0.39, 0.29) is 38.1 Å². The maximum absolute atomic E-state index is 12.6. The van der Waals surface area contributed by atoms with E-state index in [2.05, 4.69) is 30.9 Å². The average molecular weight is 663 g/mol. The van der Waals surface area contributed by atoms with Gasteiger partial charge in [-0.25, -0.2) is 0 Å². The second-order valence-corrected chi connectivity index (χ2v) is 14.5. The van der Waals surface area contributed by atoms with Crippen molar-refractivity contribution in [3.63, 3.8) is 0 Å². The first-order valence-corrected chi connectivity index (χ1v) is 16.5. The molecule has 1 aromatic rings. The van der Waals surface area contributed by atoms with E-state index in [9.17, 15) is 28.8 Å². The molecule has 7 N–H and O–H groups in total. The fourth-order valence-corrected chi connectivity index (χ4v) is 11.2. The minimum absolute atomic E-state index is 0.0723. The molecule has 44 heavy (non-hydrogen) atoms. The van der Waals surface area contributed by atoms with Gasteiger partial charge in [0.05, 0.1) is 0 Å². The Bertz CT molecular complexity index is 1070. The molecule has 246 valence electrons. The summed E-state index contributed by atoms with van der Waals surface area (Å²) in [5.74, 6) is -7.49. The van der Waals surface area contributed by atoms with Crippen LogP contribution in [0.1, 0.15) is 54.9 Å². The summed E-state index contributed by atoms with van der Waals surface area (Å²) >= 11 is 0. The third-order valence-electron chi connectivity index (χ3n) is 5.06. The van der Waals surface area contributed by atoms with E-state index < -0.39 is 70.6 Å². The van der Waals surface area contributed by atoms with Crippen molar-refractivity contribution < 1.29 is 55.3 Å². The van der Waals surface area contributed by atoms with Gasteiger partial charge in [0.15, 0.2) is 0 Å². The number of hydrogen-bond donors (Lipinski definition) is 5. The molecule has 0 saturated heterocycles. The highest BCUT2D eigenvalue weighted by Crippen LogP contribution is 2.42. The van der Waals surface area contributed by atoms with Crippen LogP contribution in [0.25, 0.3) is 0 Å². The SMILES string of the molecule is CCC(Nc1nc(NCCN)nc(NCCN)n1)([Si](OC(C)=O)(OC(C)=O)OC(C)=O)[Si](OC(C)=O)(OC(C)=O)OC(C)=O. The first-order valence-electron chi connectivity index (χ1n) is 13.1. The molecule has 1 rings (SSSR count). The summed E-state index contributed by atoms with van der Waals surface area (Å²) in [6.07, 6.45) is -0.546. The van der Waals surface area contributed by atoms with Crippen LogP contribution in [-0.2, 0) is 55.3 Å². The van der Waals surface area contributed by atoms with Crippen LogP contribution in [0.3, 0.4) is 0 Å². The Morgan fingerprint density at radius 3 is 1.09 bits per heavy atom. The lowest BCUT2D eigenvalue weighted by Gasteiger charge is -2.46. The lowest BCUT2D eigenvalue weighted by atomic mass is 10.4. The molecule has 1 aromatic heterocycles. The normalized spacial score (nSPS) is 11.4. The molecule has 0 amide bonds. The second-order valence-electron chi connectivity index (χ2n) is 8.80. The van der Waals surface area contributed by atoms with Crippen molar-refractivity contribution >= 4 is 71.3 Å². The molecular weight excluding hydrogens is 624 g/mol. The molecule has 1 heterocycles. The Hall–Kier alpha value is -4.42. The summed E-state index contributed by atoms with van der Waals surface area (Å²) in [4.78, 5) is 85.5. The number of nitrogens with one attached hydrogen (secondary N) is 3. The Kier molecular flexibility index (Phi) is 14.0. The zero-order valence-electron chi connectivity index (χ0n) is 25.4. The molecule has 0 fully saturated rings. The number of hydrogen-bond acceptors (Lipinski definition) is 20. The Morgan fingerprint density at radius 2 is 0.864 bits per heavy atom. The molecule has 0 aliphatic heterocycles. The van der Waals surface area contributed by atoms with E-state index >= 15 is 0 Å². The van der Waals surface area contributed by atoms with Crippen molar-refractivity contribution in [2.75, 3.05) is 42.1 Å². The summed E-state index contributed by atoms with van der Waals surface area (Å²) in [5, 5.41) is 8.42. The van der Waals surface area contributed by atoms with Gasteiger partial charge in [0.25, 0.3) is 40.6 Å². The summed E-state index contributed by atoms with van der Waals surface area (Å²) < 4.78 is 33.0. The van der Waals surface area contributed by atoms with Crippen LogP contribution in [0.15, 0.2) is 0 Å². The van der Waals surface area contributed by atoms with Gasteiger partial charge in [0, 0.05) is 67.7 Å². The number of nitrogens with zero attached hydrogens (tertiary/aromatic N) is 3. The first-order chi connectivity index (χ1) is 20.5. The maximum Gasteiger partial charge on any atom is 0.740 e. The van der Waals surface area contributed by atoms with Crippen molar-refractivity contribution in [1.82, 2.24) is 15.0 Å². The van der Waals surface area contributed by atoms with Crippen LogP contribution >= 0.6 is 0 Å². The topological polar surface area (TPSA) is 285 Å². The fraction of sp³-hybridized carbons (Fsp3) is 0.591. The Labute approximate surface area is 255 Å². The Balaban J connectivity index is 4.47. The molecule has 0 unspecified atom stereocenters. The number of rotatable bonds is 17. The predicted molar refractivity (Wildman–Crippen MR) is 154 cm³/mol. The van der Waals surface area contributed by atoms with Gasteiger partial charge < -0.3 is 54.0 Å². The predicted octanol–water partition coefficient (Wildman–Crippen LogP) is -1.49. The molecule has 0 atom stereocenters. The molecule has 0 bridgehead atoms. The lowest BCUT2D eigenvalue weighted by Crippen LogP contribution is -2.84. The highest BCUT2D eigenvalue weighted by atomic mass is 28.5. The number of carbonyl (C=O) groups is 6. The summed E-state index contributed by atoms with van der Waals surface area (Å²) in [6, 6.07) is 0. The van der Waals surface area contributed by atoms with Crippen molar-refractivity contribution in [1.29, 1.82) is 0 Å². The van der Waals surface area contributed by atoms with E-state index in [1.807, 2.05) is 0 Å². The van der Waals surface area contributed by atoms with Gasteiger partial charge in [-0.3, -0.25) is 28.8 Å². The van der Waals surface area contributed by atoms with E-state index in [4.69, 9.17) is 38.0 Å². The zero-order chi connectivity index (χ0) is 33.7. The summed E-state index contributed by atoms with van der Waals surface area (Å²) in [6.45, 7) is 7.46. The van der Waals surface area contributed by atoms with Crippen LogP contribution in [0.4, 0.5) is 17.8 Å². The van der Waals surface area contributed by atoms with E-state index in [1.165, 1.54) is 6.92 Å². The number of carbonyl (C=O) groups excluding carboxylic acids is 6. The van der Waals surface area contributed by atoms with Gasteiger partial charge in [-0.15, -0.1) is 0 Å². The van der Waals surface area contributed by atoms with Gasteiger partial charge in [0.1, 0.15) is 0 Å². The molecule has 0 aliphatic carbocycles. The number of aromatic nitrogens is 3. The summed E-state index contributed by atoms with van der Waals surface area (Å²) in [5.41, 5.74) is 11.2. The molecule has 0 aromatic carbocycles. The molecule has 20 nitrogen and oxygen atoms in total. The van der Waals surface area contributed by atoms with E-state index in [0.717, 1.165) is 41.5 Å². The minimum Gasteiger partial charge on any atom is -0.454 e. The van der Waals surface area contributed by atoms with Gasteiger partial charge in [-0.2, -0.15) is 15.0 Å². The molecular formula is C22H38N8O12Si2. The van der Waals surface area contributed by atoms with Crippen LogP contribution in [0.2, 0.25) is 0 Å². The van der Waals surface area contributed by atoms with E-state index in [1.54, 1.807) is 0 Å². The van der Waals surface area contributed by atoms with Crippen molar-refractivity contribution in [2.45, 2.75) is 59.7 Å². The standard InChI is InChI=1S/C22H38N8O12Si2/c1-8-22(43(37-13(2)31,38-14(3)32)39-15(4)33,44(40-16(5)34,41-17(6)35)42-18(7)36)30-21-28-19(25-11-9-23)27-20(29-21)26-12-10-24/h8-12,23-24H2,1-7H3,(H3,25,26,27,28,29,30). The average Bonchev–Trinajstić information content (AvgIpc) is 2.86. The second kappa shape index (κ2) is 16.4. The van der Waals surface area contributed by atoms with Crippen LogP contribution in [0.5, 0.6) is 0 Å². The third-order valence-corrected chi connectivity index (χ3v) is 13.3. The van der Waals surface area contributed by atoms with Crippen molar-refractivity contribution in [2.24, 2.45) is 11.5 Å². The van der Waals surface area contributed by atoms with Crippen molar-refractivity contribution in [3.05, 3.63) is 0 Å². The largest absolute Gasteiger partial charge is 0.740 e. The molecule has 0 spiro atoms. The van der Waals surface area contributed by atoms with E-state index in [0.29, 0.717) is 0 Å². The molecule has 0 aliphatic rings. The van der Waals surface area contributed by atoms with Crippen LogP contribution in [0, 0.1) is 0 Å². The van der Waals surface area contributed by atoms with Gasteiger partial charge in [-0.1, -0.05) is 6.92 Å². The third kappa shape index (κ3) is 9.82. The maximum atomic E-state index is 12.6. The van der Waals surface area contributed by atoms with Crippen molar-refractivity contribution in [3.8, 4) is 0 Å². The number of anilines is 3. The molecule has 22 heteroatoms. The van der Waals surface area contributed by atoms with Crippen LogP contribution < -0.4 is 27.4 Å². The highest BCUT2D eigenvalue weighted by molar-refractivity contribution is 6.89. The smallest absolute Gasteiger partial charge is 0.454 e.